The van der Waals surface area contributed by atoms with Crippen molar-refractivity contribution in [2.24, 2.45) is 11.8 Å². The molecule has 37 heavy (non-hydrogen) atoms. The smallest absolute Gasteiger partial charge is 0.330 e. The van der Waals surface area contributed by atoms with Gasteiger partial charge in [0.05, 0.1) is 18.2 Å². The second-order valence-corrected chi connectivity index (χ2v) is 9.14. The maximum atomic E-state index is 13.2. The van der Waals surface area contributed by atoms with Crippen molar-refractivity contribution in [3.05, 3.63) is 59.3 Å². The van der Waals surface area contributed by atoms with Gasteiger partial charge in [0.25, 0.3) is 0 Å². The van der Waals surface area contributed by atoms with E-state index in [1.165, 1.54) is 12.2 Å². The van der Waals surface area contributed by atoms with Gasteiger partial charge in [-0.3, -0.25) is 14.4 Å². The molecule has 1 aliphatic rings. The van der Waals surface area contributed by atoms with Crippen molar-refractivity contribution in [3.8, 4) is 23.6 Å². The van der Waals surface area contributed by atoms with E-state index in [4.69, 9.17) is 22.8 Å². The lowest BCUT2D eigenvalue weighted by molar-refractivity contribution is -0.137. The molecular weight excluding hydrogens is 494 g/mol. The van der Waals surface area contributed by atoms with Crippen LogP contribution >= 0.6 is 11.6 Å². The molecule has 0 unspecified atom stereocenters. The molecule has 0 radical (unpaired) electrons. The number of H-pyrrole nitrogens is 1. The van der Waals surface area contributed by atoms with Gasteiger partial charge in [-0.05, 0) is 38.0 Å². The van der Waals surface area contributed by atoms with Crippen molar-refractivity contribution < 1.29 is 23.9 Å². The van der Waals surface area contributed by atoms with Crippen molar-refractivity contribution in [1.82, 2.24) is 15.6 Å². The van der Waals surface area contributed by atoms with Gasteiger partial charge in [-0.1, -0.05) is 35.9 Å². The fraction of sp³-hybridized carbons (Fsp3) is 0.357. The molecule has 194 valence electrons. The summed E-state index contributed by atoms with van der Waals surface area (Å²) in [4.78, 5) is 53.2. The first-order chi connectivity index (χ1) is 17.8. The maximum Gasteiger partial charge on any atom is 0.330 e. The Morgan fingerprint density at radius 2 is 2.05 bits per heavy atom. The molecule has 0 saturated carbocycles. The molecule has 1 aromatic heterocycles. The SMILES string of the molecule is C#CC[C@H](CC(=O)c1ccc(-c2ccccc2Cl)[nH]1)C(=O)N[C@H](C=CC(=O)OCC)C[C@@H]1CCNC1=O. The first kappa shape index (κ1) is 27.8. The highest BCUT2D eigenvalue weighted by Gasteiger charge is 2.29. The number of aromatic nitrogens is 1. The van der Waals surface area contributed by atoms with Crippen molar-refractivity contribution in [3.63, 3.8) is 0 Å². The van der Waals surface area contributed by atoms with Gasteiger partial charge in [-0.2, -0.15) is 0 Å². The van der Waals surface area contributed by atoms with E-state index >= 15 is 0 Å². The van der Waals surface area contributed by atoms with E-state index in [0.29, 0.717) is 35.8 Å². The van der Waals surface area contributed by atoms with Crippen molar-refractivity contribution in [2.75, 3.05) is 13.2 Å². The van der Waals surface area contributed by atoms with Gasteiger partial charge in [0.15, 0.2) is 5.78 Å². The lowest BCUT2D eigenvalue weighted by Gasteiger charge is -2.21. The summed E-state index contributed by atoms with van der Waals surface area (Å²) in [6.07, 6.45) is 9.12. The molecule has 1 aromatic carbocycles. The first-order valence-corrected chi connectivity index (χ1v) is 12.5. The van der Waals surface area contributed by atoms with Crippen molar-refractivity contribution in [1.29, 1.82) is 0 Å². The third kappa shape index (κ3) is 7.83. The third-order valence-corrected chi connectivity index (χ3v) is 6.43. The number of terminal acetylenes is 1. The fourth-order valence-corrected chi connectivity index (χ4v) is 4.41. The van der Waals surface area contributed by atoms with Crippen LogP contribution < -0.4 is 10.6 Å². The van der Waals surface area contributed by atoms with E-state index in [2.05, 4.69) is 21.5 Å². The van der Waals surface area contributed by atoms with Crippen LogP contribution in [-0.4, -0.2) is 47.7 Å². The van der Waals surface area contributed by atoms with Crippen LogP contribution in [0.3, 0.4) is 0 Å². The second kappa shape index (κ2) is 13.5. The molecule has 1 saturated heterocycles. The molecular formula is C28H30ClN3O5. The van der Waals surface area contributed by atoms with Crippen LogP contribution in [0.25, 0.3) is 11.3 Å². The Labute approximate surface area is 221 Å². The molecule has 2 amide bonds. The molecule has 3 atom stereocenters. The molecule has 2 heterocycles. The standard InChI is InChI=1S/C28H30ClN3O5/c1-3-7-18(17-25(33)24-12-11-23(32-24)21-8-5-6-9-22(21)29)28(36)31-20(10-13-26(34)37-4-2)16-19-14-15-30-27(19)35/h1,5-6,8-13,18-20,32H,4,7,14-17H2,2H3,(H,30,35)(H,31,36)/t18-,19+,20-/m1/s1. The number of Topliss-reactive ketones (excluding diaryl/α,β-unsaturated/α-hetero) is 1. The summed E-state index contributed by atoms with van der Waals surface area (Å²) in [5, 5.41) is 6.17. The zero-order valence-corrected chi connectivity index (χ0v) is 21.3. The molecule has 1 aliphatic heterocycles. The average Bonchev–Trinajstić information content (AvgIpc) is 3.52. The number of rotatable bonds is 12. The predicted molar refractivity (Wildman–Crippen MR) is 141 cm³/mol. The molecule has 1 fully saturated rings. The van der Waals surface area contributed by atoms with Gasteiger partial charge in [0, 0.05) is 53.7 Å². The number of amides is 2. The molecule has 0 aliphatic carbocycles. The van der Waals surface area contributed by atoms with Crippen LogP contribution in [0.2, 0.25) is 5.02 Å². The molecule has 0 bridgehead atoms. The molecule has 3 N–H and O–H groups in total. The second-order valence-electron chi connectivity index (χ2n) is 8.74. The van der Waals surface area contributed by atoms with E-state index in [0.717, 1.165) is 5.56 Å². The van der Waals surface area contributed by atoms with Crippen LogP contribution in [0.4, 0.5) is 0 Å². The fourth-order valence-electron chi connectivity index (χ4n) is 4.18. The summed E-state index contributed by atoms with van der Waals surface area (Å²) in [7, 11) is 0. The molecule has 0 spiro atoms. The Hall–Kier alpha value is -3.83. The Kier molecular flexibility index (Phi) is 10.1. The number of carbonyl (C=O) groups is 4. The summed E-state index contributed by atoms with van der Waals surface area (Å²) in [5.74, 6) is 0.0280. The average molecular weight is 524 g/mol. The summed E-state index contributed by atoms with van der Waals surface area (Å²) < 4.78 is 4.92. The molecule has 3 rings (SSSR count). The summed E-state index contributed by atoms with van der Waals surface area (Å²) in [6.45, 7) is 2.47. The van der Waals surface area contributed by atoms with E-state index in [1.54, 1.807) is 25.1 Å². The largest absolute Gasteiger partial charge is 0.463 e. The highest BCUT2D eigenvalue weighted by molar-refractivity contribution is 6.33. The van der Waals surface area contributed by atoms with Crippen LogP contribution in [0, 0.1) is 24.2 Å². The molecule has 9 heteroatoms. The quantitative estimate of drug-likeness (QED) is 0.170. The number of hydrogen-bond donors (Lipinski definition) is 3. The number of benzene rings is 1. The maximum absolute atomic E-state index is 13.2. The van der Waals surface area contributed by atoms with Gasteiger partial charge >= 0.3 is 5.97 Å². The number of esters is 1. The van der Waals surface area contributed by atoms with Gasteiger partial charge in [-0.25, -0.2) is 4.79 Å². The zero-order valence-electron chi connectivity index (χ0n) is 20.6. The van der Waals surface area contributed by atoms with Crippen LogP contribution in [0.15, 0.2) is 48.6 Å². The predicted octanol–water partition coefficient (Wildman–Crippen LogP) is 3.68. The number of carbonyl (C=O) groups excluding carboxylic acids is 4. The van der Waals surface area contributed by atoms with Crippen molar-refractivity contribution in [2.45, 2.75) is 38.6 Å². The normalized spacial score (nSPS) is 16.6. The van der Waals surface area contributed by atoms with Gasteiger partial charge in [-0.15, -0.1) is 12.3 Å². The Morgan fingerprint density at radius 3 is 2.73 bits per heavy atom. The first-order valence-electron chi connectivity index (χ1n) is 12.2. The van der Waals surface area contributed by atoms with E-state index < -0.39 is 23.8 Å². The Bertz CT molecular complexity index is 1210. The number of hydrogen-bond acceptors (Lipinski definition) is 5. The number of aromatic amines is 1. The topological polar surface area (TPSA) is 117 Å². The highest BCUT2D eigenvalue weighted by atomic mass is 35.5. The monoisotopic (exact) mass is 523 g/mol. The minimum absolute atomic E-state index is 0.0495. The zero-order chi connectivity index (χ0) is 26.8. The number of ether oxygens (including phenoxy) is 1. The Morgan fingerprint density at radius 1 is 1.27 bits per heavy atom. The Balaban J connectivity index is 1.71. The van der Waals surface area contributed by atoms with Crippen LogP contribution in [0.5, 0.6) is 0 Å². The van der Waals surface area contributed by atoms with Crippen LogP contribution in [-0.2, 0) is 19.1 Å². The minimum Gasteiger partial charge on any atom is -0.463 e. The number of nitrogens with one attached hydrogen (secondary N) is 3. The minimum atomic E-state index is -0.791. The lowest BCUT2D eigenvalue weighted by atomic mass is 9.94. The van der Waals surface area contributed by atoms with Gasteiger partial charge in [0.1, 0.15) is 0 Å². The van der Waals surface area contributed by atoms with E-state index in [9.17, 15) is 19.2 Å². The molecule has 8 nitrogen and oxygen atoms in total. The van der Waals surface area contributed by atoms with Crippen LogP contribution in [0.1, 0.15) is 43.1 Å². The van der Waals surface area contributed by atoms with Gasteiger partial charge in [0.2, 0.25) is 11.8 Å². The van der Waals surface area contributed by atoms with Gasteiger partial charge < -0.3 is 20.4 Å². The summed E-state index contributed by atoms with van der Waals surface area (Å²) >= 11 is 6.26. The van der Waals surface area contributed by atoms with E-state index in [1.807, 2.05) is 18.2 Å². The van der Waals surface area contributed by atoms with Crippen molar-refractivity contribution >= 4 is 35.2 Å². The molecule has 2 aromatic rings. The van der Waals surface area contributed by atoms with E-state index in [-0.39, 0.29) is 37.1 Å². The lowest BCUT2D eigenvalue weighted by Crippen LogP contribution is -2.40. The number of ketones is 1. The number of halogens is 1. The highest BCUT2D eigenvalue weighted by Crippen LogP contribution is 2.27. The summed E-state index contributed by atoms with van der Waals surface area (Å²) in [6, 6.07) is 10.1. The summed E-state index contributed by atoms with van der Waals surface area (Å²) in [5.41, 5.74) is 1.78. The third-order valence-electron chi connectivity index (χ3n) is 6.10.